The molecule has 0 saturated heterocycles. The molecule has 7 nitrogen and oxygen atoms in total. The molecule has 2 heterocycles. The van der Waals surface area contributed by atoms with E-state index >= 15 is 0 Å². The van der Waals surface area contributed by atoms with E-state index in [0.29, 0.717) is 28.9 Å². The number of fused-ring (bicyclic) bond motifs is 1. The second kappa shape index (κ2) is 8.22. The summed E-state index contributed by atoms with van der Waals surface area (Å²) in [7, 11) is -3.77. The number of hydrogen-bond donors (Lipinski definition) is 1. The third kappa shape index (κ3) is 4.14. The van der Waals surface area contributed by atoms with Gasteiger partial charge in [0.05, 0.1) is 21.8 Å². The molecule has 0 aliphatic carbocycles. The minimum atomic E-state index is -3.77. The van der Waals surface area contributed by atoms with Gasteiger partial charge in [-0.3, -0.25) is 4.40 Å². The summed E-state index contributed by atoms with van der Waals surface area (Å²) < 4.78 is 30.9. The Kier molecular flexibility index (Phi) is 5.46. The van der Waals surface area contributed by atoms with Gasteiger partial charge in [0.1, 0.15) is 18.4 Å². The van der Waals surface area contributed by atoms with Crippen LogP contribution in [0, 0.1) is 11.3 Å². The lowest BCUT2D eigenvalue weighted by Crippen LogP contribution is -2.12. The second-order valence-corrected chi connectivity index (χ2v) is 8.56. The van der Waals surface area contributed by atoms with Crippen LogP contribution in [-0.2, 0) is 23.1 Å². The van der Waals surface area contributed by atoms with Crippen LogP contribution in [0.5, 0.6) is 5.75 Å². The first-order valence-electron chi connectivity index (χ1n) is 9.65. The number of aromatic nitrogens is 2. The molecule has 0 amide bonds. The molecule has 4 aromatic rings. The van der Waals surface area contributed by atoms with E-state index < -0.39 is 10.0 Å². The van der Waals surface area contributed by atoms with Crippen LogP contribution < -0.4 is 9.88 Å². The number of imidazole rings is 1. The first kappa shape index (κ1) is 20.6. The predicted molar refractivity (Wildman–Crippen MR) is 117 cm³/mol. The van der Waals surface area contributed by atoms with Crippen molar-refractivity contribution < 1.29 is 13.2 Å². The molecule has 31 heavy (non-hydrogen) atoms. The van der Waals surface area contributed by atoms with Crippen LogP contribution in [0.3, 0.4) is 0 Å². The Hall–Kier alpha value is -3.67. The SMILES string of the molecule is CCc1nc2c(C#N)cccn2c1-c1cccc(OCc2cccc(S(N)(=O)=O)c2)c1. The molecule has 0 unspecified atom stereocenters. The zero-order chi connectivity index (χ0) is 22.0. The van der Waals surface area contributed by atoms with Crippen molar-refractivity contribution in [2.24, 2.45) is 5.14 Å². The van der Waals surface area contributed by atoms with Crippen molar-refractivity contribution in [2.75, 3.05) is 0 Å². The molecule has 2 aromatic heterocycles. The smallest absolute Gasteiger partial charge is 0.238 e. The van der Waals surface area contributed by atoms with Crippen molar-refractivity contribution in [3.8, 4) is 23.1 Å². The maximum atomic E-state index is 11.6. The third-order valence-corrected chi connectivity index (χ3v) is 5.83. The quantitative estimate of drug-likeness (QED) is 0.500. The summed E-state index contributed by atoms with van der Waals surface area (Å²) in [6.07, 6.45) is 2.61. The Bertz CT molecular complexity index is 1420. The van der Waals surface area contributed by atoms with E-state index in [0.717, 1.165) is 17.0 Å². The highest BCUT2D eigenvalue weighted by molar-refractivity contribution is 7.89. The van der Waals surface area contributed by atoms with Gasteiger partial charge in [0.25, 0.3) is 0 Å². The first-order valence-corrected chi connectivity index (χ1v) is 11.2. The van der Waals surface area contributed by atoms with Crippen molar-refractivity contribution in [3.05, 3.63) is 83.7 Å². The summed E-state index contributed by atoms with van der Waals surface area (Å²) in [5.74, 6) is 0.631. The Morgan fingerprint density at radius 1 is 1.13 bits per heavy atom. The van der Waals surface area contributed by atoms with E-state index in [1.54, 1.807) is 18.2 Å². The van der Waals surface area contributed by atoms with Gasteiger partial charge in [-0.2, -0.15) is 5.26 Å². The molecule has 0 spiro atoms. The highest BCUT2D eigenvalue weighted by atomic mass is 32.2. The lowest BCUT2D eigenvalue weighted by Gasteiger charge is -2.10. The molecular weight excluding hydrogens is 412 g/mol. The summed E-state index contributed by atoms with van der Waals surface area (Å²) in [4.78, 5) is 4.72. The number of aryl methyl sites for hydroxylation is 1. The third-order valence-electron chi connectivity index (χ3n) is 4.92. The van der Waals surface area contributed by atoms with Crippen molar-refractivity contribution in [1.82, 2.24) is 9.38 Å². The normalized spacial score (nSPS) is 11.4. The molecule has 0 bridgehead atoms. The highest BCUT2D eigenvalue weighted by Gasteiger charge is 2.16. The monoisotopic (exact) mass is 432 g/mol. The van der Waals surface area contributed by atoms with Gasteiger partial charge in [-0.05, 0) is 48.4 Å². The number of nitriles is 1. The number of nitrogens with zero attached hydrogens (tertiary/aromatic N) is 3. The summed E-state index contributed by atoms with van der Waals surface area (Å²) in [5, 5.41) is 14.6. The minimum Gasteiger partial charge on any atom is -0.489 e. The number of ether oxygens (including phenoxy) is 1. The molecule has 4 rings (SSSR count). The number of hydrogen-bond acceptors (Lipinski definition) is 5. The molecule has 0 aliphatic heterocycles. The summed E-state index contributed by atoms with van der Waals surface area (Å²) >= 11 is 0. The van der Waals surface area contributed by atoms with Crippen LogP contribution in [0.1, 0.15) is 23.7 Å². The fourth-order valence-electron chi connectivity index (χ4n) is 3.47. The van der Waals surface area contributed by atoms with Gasteiger partial charge in [-0.25, -0.2) is 18.5 Å². The number of rotatable bonds is 6. The number of benzene rings is 2. The number of pyridine rings is 1. The molecule has 8 heteroatoms. The minimum absolute atomic E-state index is 0.0500. The molecule has 156 valence electrons. The van der Waals surface area contributed by atoms with Gasteiger partial charge in [0.15, 0.2) is 5.65 Å². The average molecular weight is 433 g/mol. The number of primary sulfonamides is 1. The van der Waals surface area contributed by atoms with E-state index in [1.165, 1.54) is 12.1 Å². The van der Waals surface area contributed by atoms with Crippen LogP contribution >= 0.6 is 0 Å². The molecule has 0 saturated carbocycles. The van der Waals surface area contributed by atoms with Crippen molar-refractivity contribution in [3.63, 3.8) is 0 Å². The maximum absolute atomic E-state index is 11.6. The molecule has 0 fully saturated rings. The largest absolute Gasteiger partial charge is 0.489 e. The van der Waals surface area contributed by atoms with Crippen LogP contribution in [-0.4, -0.2) is 17.8 Å². The maximum Gasteiger partial charge on any atom is 0.238 e. The fourth-order valence-corrected chi connectivity index (χ4v) is 4.05. The molecule has 0 atom stereocenters. The van der Waals surface area contributed by atoms with Gasteiger partial charge in [-0.1, -0.05) is 31.2 Å². The van der Waals surface area contributed by atoms with Crippen LogP contribution in [0.15, 0.2) is 71.8 Å². The van der Waals surface area contributed by atoms with Gasteiger partial charge in [0.2, 0.25) is 10.0 Å². The van der Waals surface area contributed by atoms with E-state index in [1.807, 2.05) is 47.9 Å². The number of nitrogens with two attached hydrogens (primary N) is 1. The average Bonchev–Trinajstić information content (AvgIpc) is 3.16. The molecule has 2 N–H and O–H groups in total. The lowest BCUT2D eigenvalue weighted by atomic mass is 10.1. The van der Waals surface area contributed by atoms with Gasteiger partial charge in [-0.15, -0.1) is 0 Å². The van der Waals surface area contributed by atoms with Gasteiger partial charge < -0.3 is 4.74 Å². The molecule has 2 aromatic carbocycles. The second-order valence-electron chi connectivity index (χ2n) is 7.00. The zero-order valence-electron chi connectivity index (χ0n) is 16.8. The van der Waals surface area contributed by atoms with Gasteiger partial charge in [0, 0.05) is 11.8 Å². The van der Waals surface area contributed by atoms with E-state index in [9.17, 15) is 13.7 Å². The van der Waals surface area contributed by atoms with E-state index in [-0.39, 0.29) is 11.5 Å². The van der Waals surface area contributed by atoms with Crippen molar-refractivity contribution in [2.45, 2.75) is 24.8 Å². The van der Waals surface area contributed by atoms with Crippen molar-refractivity contribution >= 4 is 15.7 Å². The highest BCUT2D eigenvalue weighted by Crippen LogP contribution is 2.30. The zero-order valence-corrected chi connectivity index (χ0v) is 17.6. The standard InChI is InChI=1S/C23H20N4O3S/c1-2-21-22(27-11-5-8-18(14-24)23(27)26-21)17-7-4-9-19(13-17)30-15-16-6-3-10-20(12-16)31(25,28)29/h3-13H,2,15H2,1H3,(H2,25,28,29). The fraction of sp³-hybridized carbons (Fsp3) is 0.130. The predicted octanol–water partition coefficient (Wildman–Crippen LogP) is 3.66. The Morgan fingerprint density at radius 3 is 2.68 bits per heavy atom. The molecule has 0 aliphatic rings. The first-order chi connectivity index (χ1) is 14.9. The van der Waals surface area contributed by atoms with E-state index in [4.69, 9.17) is 9.88 Å². The summed E-state index contributed by atoms with van der Waals surface area (Å²) in [6, 6.07) is 19.7. The Balaban J connectivity index is 1.67. The summed E-state index contributed by atoms with van der Waals surface area (Å²) in [5.41, 5.74) is 4.56. The Morgan fingerprint density at radius 2 is 1.94 bits per heavy atom. The van der Waals surface area contributed by atoms with Gasteiger partial charge >= 0.3 is 0 Å². The molecular formula is C23H20N4O3S. The van der Waals surface area contributed by atoms with Crippen LogP contribution in [0.4, 0.5) is 0 Å². The topological polar surface area (TPSA) is 110 Å². The van der Waals surface area contributed by atoms with Crippen molar-refractivity contribution in [1.29, 1.82) is 5.26 Å². The number of sulfonamides is 1. The summed E-state index contributed by atoms with van der Waals surface area (Å²) in [6.45, 7) is 2.22. The van der Waals surface area contributed by atoms with Crippen LogP contribution in [0.2, 0.25) is 0 Å². The lowest BCUT2D eigenvalue weighted by molar-refractivity contribution is 0.306. The van der Waals surface area contributed by atoms with E-state index in [2.05, 4.69) is 11.1 Å². The molecule has 0 radical (unpaired) electrons. The van der Waals surface area contributed by atoms with Crippen LogP contribution in [0.25, 0.3) is 16.9 Å². The Labute approximate surface area is 180 Å².